The lowest BCUT2D eigenvalue weighted by molar-refractivity contribution is 0.270. The van der Waals surface area contributed by atoms with Gasteiger partial charge in [0.05, 0.1) is 5.69 Å². The van der Waals surface area contributed by atoms with E-state index in [-0.39, 0.29) is 0 Å². The van der Waals surface area contributed by atoms with E-state index in [4.69, 9.17) is 9.97 Å². The van der Waals surface area contributed by atoms with Gasteiger partial charge in [-0.25, -0.2) is 4.98 Å². The van der Waals surface area contributed by atoms with E-state index in [1.165, 1.54) is 5.56 Å². The SMILES string of the molecule is CCN1CCN(c2nc(Nc3cccc(C)c3)cc(-c3ccccc3)n2)CC1. The molecule has 0 atom stereocenters. The highest BCUT2D eigenvalue weighted by atomic mass is 15.3. The van der Waals surface area contributed by atoms with Gasteiger partial charge in [0, 0.05) is 43.5 Å². The van der Waals surface area contributed by atoms with Crippen molar-refractivity contribution in [3.8, 4) is 11.3 Å². The molecule has 1 saturated heterocycles. The average molecular weight is 374 g/mol. The minimum absolute atomic E-state index is 0.798. The summed E-state index contributed by atoms with van der Waals surface area (Å²) < 4.78 is 0. The van der Waals surface area contributed by atoms with Gasteiger partial charge >= 0.3 is 0 Å². The van der Waals surface area contributed by atoms with E-state index in [0.29, 0.717) is 0 Å². The Bertz CT molecular complexity index is 917. The second-order valence-electron chi connectivity index (χ2n) is 7.22. The van der Waals surface area contributed by atoms with Gasteiger partial charge in [-0.2, -0.15) is 4.98 Å². The molecule has 5 nitrogen and oxygen atoms in total. The summed E-state index contributed by atoms with van der Waals surface area (Å²) in [6, 6.07) is 20.7. The lowest BCUT2D eigenvalue weighted by atomic mass is 10.1. The van der Waals surface area contributed by atoms with E-state index in [2.05, 4.69) is 65.4 Å². The maximum Gasteiger partial charge on any atom is 0.227 e. The quantitative estimate of drug-likeness (QED) is 0.721. The van der Waals surface area contributed by atoms with Crippen molar-refractivity contribution in [1.29, 1.82) is 0 Å². The number of rotatable bonds is 5. The van der Waals surface area contributed by atoms with Crippen LogP contribution >= 0.6 is 0 Å². The molecule has 0 amide bonds. The van der Waals surface area contributed by atoms with Gasteiger partial charge in [0.25, 0.3) is 0 Å². The third kappa shape index (κ3) is 4.31. The third-order valence-corrected chi connectivity index (χ3v) is 5.18. The molecule has 1 aliphatic heterocycles. The number of aromatic nitrogens is 2. The van der Waals surface area contributed by atoms with Crippen molar-refractivity contribution in [2.45, 2.75) is 13.8 Å². The van der Waals surface area contributed by atoms with E-state index in [9.17, 15) is 0 Å². The standard InChI is InChI=1S/C23H27N5/c1-3-27-12-14-28(15-13-27)23-25-21(19-9-5-4-6-10-19)17-22(26-23)24-20-11-7-8-18(2)16-20/h4-11,16-17H,3,12-15H2,1-2H3,(H,24,25,26). The molecule has 1 aliphatic rings. The van der Waals surface area contributed by atoms with Crippen LogP contribution in [0.5, 0.6) is 0 Å². The van der Waals surface area contributed by atoms with E-state index in [0.717, 1.165) is 61.4 Å². The number of anilines is 3. The minimum atomic E-state index is 0.798. The monoisotopic (exact) mass is 373 g/mol. The highest BCUT2D eigenvalue weighted by Gasteiger charge is 2.19. The number of nitrogens with zero attached hydrogens (tertiary/aromatic N) is 4. The maximum atomic E-state index is 4.89. The number of aryl methyl sites for hydroxylation is 1. The van der Waals surface area contributed by atoms with E-state index in [1.807, 2.05) is 24.3 Å². The van der Waals surface area contributed by atoms with Gasteiger partial charge in [0.2, 0.25) is 5.95 Å². The van der Waals surface area contributed by atoms with Crippen LogP contribution in [-0.2, 0) is 0 Å². The second-order valence-corrected chi connectivity index (χ2v) is 7.22. The summed E-state index contributed by atoms with van der Waals surface area (Å²) >= 11 is 0. The number of hydrogen-bond donors (Lipinski definition) is 1. The minimum Gasteiger partial charge on any atom is -0.340 e. The van der Waals surface area contributed by atoms with Crippen LogP contribution < -0.4 is 10.2 Å². The summed E-state index contributed by atoms with van der Waals surface area (Å²) in [6.45, 7) is 9.42. The molecule has 5 heteroatoms. The topological polar surface area (TPSA) is 44.3 Å². The fraction of sp³-hybridized carbons (Fsp3) is 0.304. The lowest BCUT2D eigenvalue weighted by Crippen LogP contribution is -2.46. The van der Waals surface area contributed by atoms with Crippen molar-refractivity contribution in [3.05, 3.63) is 66.2 Å². The van der Waals surface area contributed by atoms with Gasteiger partial charge in [0.1, 0.15) is 5.82 Å². The van der Waals surface area contributed by atoms with Gasteiger partial charge in [-0.15, -0.1) is 0 Å². The van der Waals surface area contributed by atoms with Crippen molar-refractivity contribution in [3.63, 3.8) is 0 Å². The number of nitrogens with one attached hydrogen (secondary N) is 1. The Kier molecular flexibility index (Phi) is 5.53. The Morgan fingerprint density at radius 3 is 2.39 bits per heavy atom. The van der Waals surface area contributed by atoms with Crippen molar-refractivity contribution < 1.29 is 0 Å². The molecule has 4 rings (SSSR count). The van der Waals surface area contributed by atoms with Crippen LogP contribution in [0.2, 0.25) is 0 Å². The normalized spacial score (nSPS) is 14.9. The van der Waals surface area contributed by atoms with Crippen LogP contribution in [0.15, 0.2) is 60.7 Å². The summed E-state index contributed by atoms with van der Waals surface area (Å²) in [7, 11) is 0. The number of piperazine rings is 1. The molecular formula is C23H27N5. The molecule has 0 bridgehead atoms. The summed E-state index contributed by atoms with van der Waals surface area (Å²) in [5, 5.41) is 3.47. The fourth-order valence-corrected chi connectivity index (χ4v) is 3.53. The van der Waals surface area contributed by atoms with E-state index < -0.39 is 0 Å². The first kappa shape index (κ1) is 18.4. The van der Waals surface area contributed by atoms with Crippen LogP contribution in [0.3, 0.4) is 0 Å². The molecule has 0 saturated carbocycles. The predicted molar refractivity (Wildman–Crippen MR) is 116 cm³/mol. The van der Waals surface area contributed by atoms with Gasteiger partial charge < -0.3 is 15.1 Å². The summed E-state index contributed by atoms with van der Waals surface area (Å²) in [6.07, 6.45) is 0. The van der Waals surface area contributed by atoms with Gasteiger partial charge in [-0.3, -0.25) is 0 Å². The van der Waals surface area contributed by atoms with E-state index >= 15 is 0 Å². The Hall–Kier alpha value is -2.92. The summed E-state index contributed by atoms with van der Waals surface area (Å²) in [5.74, 6) is 1.62. The van der Waals surface area contributed by atoms with Gasteiger partial charge in [-0.05, 0) is 31.2 Å². The zero-order chi connectivity index (χ0) is 19.3. The largest absolute Gasteiger partial charge is 0.340 e. The molecule has 0 aliphatic carbocycles. The molecule has 0 spiro atoms. The van der Waals surface area contributed by atoms with Crippen molar-refractivity contribution in [2.75, 3.05) is 42.9 Å². The Labute approximate surface area is 167 Å². The van der Waals surface area contributed by atoms with Crippen LogP contribution in [0.1, 0.15) is 12.5 Å². The molecule has 144 valence electrons. The van der Waals surface area contributed by atoms with Crippen LogP contribution in [-0.4, -0.2) is 47.6 Å². The predicted octanol–water partition coefficient (Wildman–Crippen LogP) is 4.34. The van der Waals surface area contributed by atoms with Gasteiger partial charge in [-0.1, -0.05) is 49.4 Å². The number of likely N-dealkylation sites (N-methyl/N-ethyl adjacent to an activating group) is 1. The average Bonchev–Trinajstić information content (AvgIpc) is 2.74. The van der Waals surface area contributed by atoms with Crippen LogP contribution in [0.4, 0.5) is 17.5 Å². The van der Waals surface area contributed by atoms with Gasteiger partial charge in [0.15, 0.2) is 0 Å². The molecule has 28 heavy (non-hydrogen) atoms. The lowest BCUT2D eigenvalue weighted by Gasteiger charge is -2.34. The highest BCUT2D eigenvalue weighted by Crippen LogP contribution is 2.25. The van der Waals surface area contributed by atoms with Crippen molar-refractivity contribution >= 4 is 17.5 Å². The first-order valence-corrected chi connectivity index (χ1v) is 9.97. The molecule has 0 unspecified atom stereocenters. The molecule has 3 aromatic rings. The zero-order valence-electron chi connectivity index (χ0n) is 16.6. The molecule has 0 radical (unpaired) electrons. The van der Waals surface area contributed by atoms with Crippen molar-refractivity contribution in [1.82, 2.24) is 14.9 Å². The van der Waals surface area contributed by atoms with E-state index in [1.54, 1.807) is 0 Å². The molecule has 1 N–H and O–H groups in total. The molecule has 1 fully saturated rings. The number of benzene rings is 2. The second kappa shape index (κ2) is 8.40. The Morgan fingerprint density at radius 2 is 1.68 bits per heavy atom. The molecule has 2 aromatic carbocycles. The maximum absolute atomic E-state index is 4.89. The number of hydrogen-bond acceptors (Lipinski definition) is 5. The fourth-order valence-electron chi connectivity index (χ4n) is 3.53. The molecule has 1 aromatic heterocycles. The molecule has 2 heterocycles. The molecular weight excluding hydrogens is 346 g/mol. The third-order valence-electron chi connectivity index (χ3n) is 5.18. The first-order valence-electron chi connectivity index (χ1n) is 9.97. The smallest absolute Gasteiger partial charge is 0.227 e. The highest BCUT2D eigenvalue weighted by molar-refractivity contribution is 5.67. The Morgan fingerprint density at radius 1 is 0.893 bits per heavy atom. The Balaban J connectivity index is 1.67. The van der Waals surface area contributed by atoms with Crippen molar-refractivity contribution in [2.24, 2.45) is 0 Å². The first-order chi connectivity index (χ1) is 13.7. The zero-order valence-corrected chi connectivity index (χ0v) is 16.6. The summed E-state index contributed by atoms with van der Waals surface area (Å²) in [5.41, 5.74) is 4.31. The van der Waals surface area contributed by atoms with Crippen LogP contribution in [0.25, 0.3) is 11.3 Å². The van der Waals surface area contributed by atoms with Crippen LogP contribution in [0, 0.1) is 6.92 Å². The summed E-state index contributed by atoms with van der Waals surface area (Å²) in [4.78, 5) is 14.5.